The molecule has 2 aromatic carbocycles. The molecule has 2 aromatic rings. The van der Waals surface area contributed by atoms with Gasteiger partial charge in [-0.15, -0.1) is 0 Å². The summed E-state index contributed by atoms with van der Waals surface area (Å²) in [7, 11) is 0. The van der Waals surface area contributed by atoms with Gasteiger partial charge in [0, 0.05) is 35.6 Å². The molecule has 2 atom stereocenters. The van der Waals surface area contributed by atoms with Crippen LogP contribution in [0.1, 0.15) is 81.1 Å². The van der Waals surface area contributed by atoms with Crippen molar-refractivity contribution >= 4 is 17.8 Å². The van der Waals surface area contributed by atoms with Crippen molar-refractivity contribution in [3.05, 3.63) is 82.6 Å². The van der Waals surface area contributed by atoms with Gasteiger partial charge in [0.15, 0.2) is 5.78 Å². The minimum absolute atomic E-state index is 0.0183. The maximum absolute atomic E-state index is 14.0. The maximum Gasteiger partial charge on any atom is 0.191 e. The summed E-state index contributed by atoms with van der Waals surface area (Å²) >= 11 is 0. The van der Waals surface area contributed by atoms with Gasteiger partial charge in [0.05, 0.1) is 11.6 Å². The van der Waals surface area contributed by atoms with Crippen molar-refractivity contribution in [1.82, 2.24) is 0 Å². The van der Waals surface area contributed by atoms with Crippen molar-refractivity contribution in [2.24, 2.45) is 22.2 Å². The van der Waals surface area contributed by atoms with Crippen molar-refractivity contribution in [3.8, 4) is 0 Å². The second kappa shape index (κ2) is 10.3. The van der Waals surface area contributed by atoms with E-state index in [1.165, 1.54) is 36.4 Å². The molecule has 0 N–H and O–H groups in total. The van der Waals surface area contributed by atoms with Gasteiger partial charge in [0.25, 0.3) is 0 Å². The zero-order valence-corrected chi connectivity index (χ0v) is 20.7. The molecule has 0 aromatic heterocycles. The lowest BCUT2D eigenvalue weighted by Crippen LogP contribution is -2.34. The van der Waals surface area contributed by atoms with Crippen LogP contribution >= 0.6 is 0 Å². The standard InChI is InChI=1S/C30H33F2NO2/c1-4-30(2,3)17-25(34)24-18-33-28(20-7-5-6-8-20)27(26(24)19-9-13-22(31)14-10-19)29(35)21-11-15-23(32)16-12-21/h9-16,18,20,24,26H,4-8,17H2,1-3H3. The molecule has 0 bridgehead atoms. The number of carbonyl (C=O) groups excluding carboxylic acids is 2. The Hall–Kier alpha value is -2.95. The Balaban J connectivity index is 1.87. The Labute approximate surface area is 206 Å². The van der Waals surface area contributed by atoms with E-state index < -0.39 is 17.7 Å². The summed E-state index contributed by atoms with van der Waals surface area (Å²) in [4.78, 5) is 32.4. The number of nitrogens with zero attached hydrogens (tertiary/aromatic N) is 1. The zero-order valence-electron chi connectivity index (χ0n) is 20.7. The molecule has 1 saturated carbocycles. The molecular weight excluding hydrogens is 444 g/mol. The van der Waals surface area contributed by atoms with Crippen LogP contribution in [0.4, 0.5) is 8.78 Å². The predicted octanol–water partition coefficient (Wildman–Crippen LogP) is 7.47. The minimum Gasteiger partial charge on any atom is -0.299 e. The third-order valence-corrected chi connectivity index (χ3v) is 7.62. The number of allylic oxidation sites excluding steroid dienone is 2. The first-order valence-electron chi connectivity index (χ1n) is 12.6. The van der Waals surface area contributed by atoms with Crippen molar-refractivity contribution < 1.29 is 18.4 Å². The maximum atomic E-state index is 14.0. The predicted molar refractivity (Wildman–Crippen MR) is 135 cm³/mol. The van der Waals surface area contributed by atoms with Crippen LogP contribution in [0.2, 0.25) is 0 Å². The van der Waals surface area contributed by atoms with Crippen LogP contribution in [0.25, 0.3) is 0 Å². The molecule has 4 rings (SSSR count). The second-order valence-electron chi connectivity index (χ2n) is 10.6. The van der Waals surface area contributed by atoms with Gasteiger partial charge in [-0.2, -0.15) is 0 Å². The molecule has 0 spiro atoms. The van der Waals surface area contributed by atoms with E-state index in [4.69, 9.17) is 4.99 Å². The number of ketones is 2. The fourth-order valence-electron chi connectivity index (χ4n) is 5.22. The number of aliphatic imine (C=N–C) groups is 1. The lowest BCUT2D eigenvalue weighted by Gasteiger charge is -2.34. The number of rotatable bonds is 8. The minimum atomic E-state index is -0.629. The molecule has 2 aliphatic rings. The van der Waals surface area contributed by atoms with Crippen molar-refractivity contribution in [2.45, 2.75) is 65.2 Å². The van der Waals surface area contributed by atoms with E-state index in [2.05, 4.69) is 20.8 Å². The first-order valence-corrected chi connectivity index (χ1v) is 12.6. The van der Waals surface area contributed by atoms with Crippen LogP contribution in [0, 0.1) is 28.9 Å². The fourth-order valence-corrected chi connectivity index (χ4v) is 5.22. The molecule has 1 aliphatic carbocycles. The molecule has 184 valence electrons. The molecule has 2 unspecified atom stereocenters. The number of hydrogen-bond acceptors (Lipinski definition) is 3. The first kappa shape index (κ1) is 25.2. The number of halogens is 2. The van der Waals surface area contributed by atoms with E-state index in [9.17, 15) is 18.4 Å². The topological polar surface area (TPSA) is 46.5 Å². The highest BCUT2D eigenvalue weighted by molar-refractivity contribution is 6.12. The van der Waals surface area contributed by atoms with Crippen LogP contribution in [0.5, 0.6) is 0 Å². The monoisotopic (exact) mass is 477 g/mol. The molecule has 35 heavy (non-hydrogen) atoms. The molecule has 3 nitrogen and oxygen atoms in total. The van der Waals surface area contributed by atoms with Crippen LogP contribution in [0.3, 0.4) is 0 Å². The molecule has 0 radical (unpaired) electrons. The van der Waals surface area contributed by atoms with E-state index in [-0.39, 0.29) is 28.7 Å². The summed E-state index contributed by atoms with van der Waals surface area (Å²) in [6, 6.07) is 11.6. The average molecular weight is 478 g/mol. The van der Waals surface area contributed by atoms with Crippen LogP contribution in [-0.4, -0.2) is 17.8 Å². The smallest absolute Gasteiger partial charge is 0.191 e. The first-order chi connectivity index (χ1) is 16.7. The molecule has 1 fully saturated rings. The molecular formula is C30H33F2NO2. The fraction of sp³-hybridized carbons (Fsp3) is 0.433. The Bertz CT molecular complexity index is 1140. The van der Waals surface area contributed by atoms with Gasteiger partial charge in [-0.05, 0) is 60.2 Å². The lowest BCUT2D eigenvalue weighted by atomic mass is 9.70. The summed E-state index contributed by atoms with van der Waals surface area (Å²) in [6.45, 7) is 6.17. The van der Waals surface area contributed by atoms with Gasteiger partial charge in [0.1, 0.15) is 17.4 Å². The van der Waals surface area contributed by atoms with Crippen LogP contribution < -0.4 is 0 Å². The average Bonchev–Trinajstić information content (AvgIpc) is 3.38. The third kappa shape index (κ3) is 5.50. The van der Waals surface area contributed by atoms with Crippen molar-refractivity contribution in [2.75, 3.05) is 0 Å². The molecule has 1 aliphatic heterocycles. The second-order valence-corrected chi connectivity index (χ2v) is 10.6. The molecule has 1 heterocycles. The van der Waals surface area contributed by atoms with Gasteiger partial charge in [-0.3, -0.25) is 14.6 Å². The number of Topliss-reactive ketones (excluding diaryl/α,β-unsaturated/α-hetero) is 2. The summed E-state index contributed by atoms with van der Waals surface area (Å²) in [5.41, 5.74) is 2.11. The van der Waals surface area contributed by atoms with Gasteiger partial charge in [-0.1, -0.05) is 52.2 Å². The SMILES string of the molecule is CCC(C)(C)CC(=O)C1C=NC(C2CCCC2)=C(C(=O)c2ccc(F)cc2)C1c1ccc(F)cc1. The third-order valence-electron chi connectivity index (χ3n) is 7.62. The summed E-state index contributed by atoms with van der Waals surface area (Å²) in [6.07, 6.45) is 6.92. The van der Waals surface area contributed by atoms with E-state index in [0.29, 0.717) is 23.1 Å². The van der Waals surface area contributed by atoms with E-state index in [1.54, 1.807) is 18.3 Å². The number of hydrogen-bond donors (Lipinski definition) is 0. The Morgan fingerprint density at radius 3 is 2.09 bits per heavy atom. The number of benzene rings is 2. The highest BCUT2D eigenvalue weighted by atomic mass is 19.1. The Kier molecular flexibility index (Phi) is 7.44. The zero-order chi connectivity index (χ0) is 25.2. The largest absolute Gasteiger partial charge is 0.299 e. The highest BCUT2D eigenvalue weighted by Gasteiger charge is 2.41. The van der Waals surface area contributed by atoms with E-state index >= 15 is 0 Å². The van der Waals surface area contributed by atoms with Crippen molar-refractivity contribution in [1.29, 1.82) is 0 Å². The van der Waals surface area contributed by atoms with E-state index in [0.717, 1.165) is 37.8 Å². The van der Waals surface area contributed by atoms with Gasteiger partial charge in [0.2, 0.25) is 0 Å². The van der Waals surface area contributed by atoms with Crippen LogP contribution in [0.15, 0.2) is 64.8 Å². The summed E-state index contributed by atoms with van der Waals surface area (Å²) < 4.78 is 27.5. The summed E-state index contributed by atoms with van der Waals surface area (Å²) in [5, 5.41) is 0. The van der Waals surface area contributed by atoms with E-state index in [1.807, 2.05) is 0 Å². The van der Waals surface area contributed by atoms with Gasteiger partial charge >= 0.3 is 0 Å². The molecule has 0 amide bonds. The molecule has 0 saturated heterocycles. The number of carbonyl (C=O) groups is 2. The normalized spacial score (nSPS) is 20.9. The Morgan fingerprint density at radius 2 is 1.51 bits per heavy atom. The summed E-state index contributed by atoms with van der Waals surface area (Å²) in [5.74, 6) is -2.08. The van der Waals surface area contributed by atoms with Gasteiger partial charge < -0.3 is 0 Å². The van der Waals surface area contributed by atoms with Gasteiger partial charge in [-0.25, -0.2) is 8.78 Å². The quantitative estimate of drug-likeness (QED) is 0.370. The highest BCUT2D eigenvalue weighted by Crippen LogP contribution is 2.45. The lowest BCUT2D eigenvalue weighted by molar-refractivity contribution is -0.123. The van der Waals surface area contributed by atoms with Crippen LogP contribution in [-0.2, 0) is 4.79 Å². The van der Waals surface area contributed by atoms with Crippen molar-refractivity contribution in [3.63, 3.8) is 0 Å². The Morgan fingerprint density at radius 1 is 0.943 bits per heavy atom. The molecule has 5 heteroatoms.